The highest BCUT2D eigenvalue weighted by Gasteiger charge is 2.12. The maximum atomic E-state index is 5.47. The van der Waals surface area contributed by atoms with Crippen molar-refractivity contribution in [1.82, 2.24) is 24.9 Å². The molecular formula is C18H16N6O2S. The van der Waals surface area contributed by atoms with Crippen molar-refractivity contribution < 1.29 is 9.47 Å². The van der Waals surface area contributed by atoms with E-state index in [9.17, 15) is 0 Å². The van der Waals surface area contributed by atoms with Crippen LogP contribution in [0.4, 0.5) is 10.9 Å². The third-order valence-electron chi connectivity index (χ3n) is 3.67. The molecule has 27 heavy (non-hydrogen) atoms. The monoisotopic (exact) mass is 380 g/mol. The van der Waals surface area contributed by atoms with Crippen molar-refractivity contribution in [3.05, 3.63) is 43.0 Å². The normalized spacial score (nSPS) is 10.7. The molecule has 0 aromatic carbocycles. The molecule has 0 atom stereocenters. The first-order valence-electron chi connectivity index (χ1n) is 8.24. The first kappa shape index (κ1) is 17.1. The summed E-state index contributed by atoms with van der Waals surface area (Å²) in [5, 5.41) is 3.84. The van der Waals surface area contributed by atoms with Crippen molar-refractivity contribution >= 4 is 32.6 Å². The van der Waals surface area contributed by atoms with Crippen LogP contribution in [0.5, 0.6) is 11.6 Å². The Kier molecular flexibility index (Phi) is 4.75. The molecular weight excluding hydrogens is 364 g/mol. The Hall–Kier alpha value is -3.33. The molecule has 4 aromatic heterocycles. The molecule has 9 heteroatoms. The number of pyridine rings is 2. The minimum Gasteiger partial charge on any atom is -0.491 e. The number of aromatic nitrogens is 5. The number of hydrogen-bond donors (Lipinski definition) is 1. The summed E-state index contributed by atoms with van der Waals surface area (Å²) >= 11 is 1.44. The number of nitrogens with zero attached hydrogens (tertiary/aromatic N) is 5. The summed E-state index contributed by atoms with van der Waals surface area (Å²) in [7, 11) is 1.59. The van der Waals surface area contributed by atoms with Gasteiger partial charge in [0.05, 0.1) is 25.6 Å². The second kappa shape index (κ2) is 7.50. The van der Waals surface area contributed by atoms with E-state index in [-0.39, 0.29) is 0 Å². The van der Waals surface area contributed by atoms with Crippen LogP contribution in [0.3, 0.4) is 0 Å². The molecule has 0 spiro atoms. The average Bonchev–Trinajstić information content (AvgIpc) is 3.10. The Labute approximate surface area is 159 Å². The second-order valence-corrected chi connectivity index (χ2v) is 6.40. The van der Waals surface area contributed by atoms with Gasteiger partial charge in [-0.05, 0) is 25.1 Å². The zero-order valence-corrected chi connectivity index (χ0v) is 15.5. The van der Waals surface area contributed by atoms with Gasteiger partial charge in [0.25, 0.3) is 5.88 Å². The highest BCUT2D eigenvalue weighted by molar-refractivity contribution is 7.21. The van der Waals surface area contributed by atoms with Crippen molar-refractivity contribution in [3.8, 4) is 22.9 Å². The maximum Gasteiger partial charge on any atom is 0.256 e. The van der Waals surface area contributed by atoms with Crippen molar-refractivity contribution in [1.29, 1.82) is 0 Å². The summed E-state index contributed by atoms with van der Waals surface area (Å²) in [6.07, 6.45) is 6.61. The number of hydrogen-bond acceptors (Lipinski definition) is 9. The van der Waals surface area contributed by atoms with Crippen LogP contribution in [-0.4, -0.2) is 38.6 Å². The lowest BCUT2D eigenvalue weighted by atomic mass is 10.2. The Balaban J connectivity index is 1.65. The van der Waals surface area contributed by atoms with E-state index in [1.165, 1.54) is 11.3 Å². The third kappa shape index (κ3) is 3.63. The molecule has 1 N–H and O–H groups in total. The predicted molar refractivity (Wildman–Crippen MR) is 104 cm³/mol. The average molecular weight is 380 g/mol. The molecule has 0 unspecified atom stereocenters. The topological polar surface area (TPSA) is 94.9 Å². The summed E-state index contributed by atoms with van der Waals surface area (Å²) in [4.78, 5) is 22.6. The Morgan fingerprint density at radius 2 is 2.04 bits per heavy atom. The zero-order chi connectivity index (χ0) is 18.6. The number of thiazole rings is 1. The van der Waals surface area contributed by atoms with Gasteiger partial charge in [0.1, 0.15) is 10.3 Å². The van der Waals surface area contributed by atoms with Gasteiger partial charge in [-0.1, -0.05) is 11.3 Å². The lowest BCUT2D eigenvalue weighted by molar-refractivity contribution is 0.298. The van der Waals surface area contributed by atoms with Gasteiger partial charge >= 0.3 is 0 Å². The lowest BCUT2D eigenvalue weighted by Crippen LogP contribution is -1.98. The van der Waals surface area contributed by atoms with Crippen LogP contribution in [0, 0.1) is 0 Å². The van der Waals surface area contributed by atoms with Crippen molar-refractivity contribution in [2.45, 2.75) is 6.92 Å². The highest BCUT2D eigenvalue weighted by Crippen LogP contribution is 2.32. The third-order valence-corrected chi connectivity index (χ3v) is 4.55. The Morgan fingerprint density at radius 3 is 2.81 bits per heavy atom. The number of anilines is 2. The van der Waals surface area contributed by atoms with E-state index in [0.717, 1.165) is 21.6 Å². The van der Waals surface area contributed by atoms with Crippen molar-refractivity contribution in [2.75, 3.05) is 19.0 Å². The SMILES string of the molecule is CCOc1ncc(-c2ccc3nc(Nc4cnccn4)sc3n2)cc1OC. The summed E-state index contributed by atoms with van der Waals surface area (Å²) in [5.41, 5.74) is 2.43. The molecule has 4 heterocycles. The van der Waals surface area contributed by atoms with Crippen LogP contribution in [-0.2, 0) is 0 Å². The first-order valence-corrected chi connectivity index (χ1v) is 9.06. The maximum absolute atomic E-state index is 5.47. The second-order valence-electron chi connectivity index (χ2n) is 5.42. The van der Waals surface area contributed by atoms with Gasteiger partial charge in [0.2, 0.25) is 0 Å². The molecule has 4 aromatic rings. The van der Waals surface area contributed by atoms with E-state index in [1.54, 1.807) is 31.9 Å². The molecule has 0 amide bonds. The predicted octanol–water partition coefficient (Wildman–Crippen LogP) is 3.69. The lowest BCUT2D eigenvalue weighted by Gasteiger charge is -2.09. The van der Waals surface area contributed by atoms with Gasteiger partial charge in [-0.3, -0.25) is 4.98 Å². The van der Waals surface area contributed by atoms with Gasteiger partial charge in [-0.2, -0.15) is 0 Å². The quantitative estimate of drug-likeness (QED) is 0.541. The van der Waals surface area contributed by atoms with E-state index in [2.05, 4.69) is 25.3 Å². The van der Waals surface area contributed by atoms with E-state index in [1.807, 2.05) is 25.1 Å². The molecule has 0 saturated carbocycles. The van der Waals surface area contributed by atoms with Crippen LogP contribution < -0.4 is 14.8 Å². The van der Waals surface area contributed by atoms with Crippen LogP contribution in [0.2, 0.25) is 0 Å². The summed E-state index contributed by atoms with van der Waals surface area (Å²) in [6.45, 7) is 2.43. The molecule has 4 rings (SSSR count). The largest absolute Gasteiger partial charge is 0.491 e. The fourth-order valence-electron chi connectivity index (χ4n) is 2.47. The minimum absolute atomic E-state index is 0.470. The fourth-order valence-corrected chi connectivity index (χ4v) is 3.31. The minimum atomic E-state index is 0.470. The molecule has 0 aliphatic heterocycles. The molecule has 0 fully saturated rings. The molecule has 0 saturated heterocycles. The number of ether oxygens (including phenoxy) is 2. The van der Waals surface area contributed by atoms with E-state index < -0.39 is 0 Å². The van der Waals surface area contributed by atoms with Gasteiger partial charge < -0.3 is 14.8 Å². The van der Waals surface area contributed by atoms with Crippen molar-refractivity contribution in [2.24, 2.45) is 0 Å². The van der Waals surface area contributed by atoms with Crippen LogP contribution >= 0.6 is 11.3 Å². The van der Waals surface area contributed by atoms with Crippen molar-refractivity contribution in [3.63, 3.8) is 0 Å². The number of fused-ring (bicyclic) bond motifs is 1. The van der Waals surface area contributed by atoms with E-state index in [0.29, 0.717) is 29.2 Å². The smallest absolute Gasteiger partial charge is 0.256 e. The van der Waals surface area contributed by atoms with Gasteiger partial charge in [0, 0.05) is 24.2 Å². The number of rotatable bonds is 6. The summed E-state index contributed by atoms with van der Waals surface area (Å²) in [6, 6.07) is 5.70. The zero-order valence-electron chi connectivity index (χ0n) is 14.7. The Bertz CT molecular complexity index is 1070. The van der Waals surface area contributed by atoms with Gasteiger partial charge in [0.15, 0.2) is 16.7 Å². The first-order chi connectivity index (χ1) is 13.3. The van der Waals surface area contributed by atoms with E-state index >= 15 is 0 Å². The number of methoxy groups -OCH3 is 1. The highest BCUT2D eigenvalue weighted by atomic mass is 32.1. The molecule has 0 radical (unpaired) electrons. The summed E-state index contributed by atoms with van der Waals surface area (Å²) in [5.74, 6) is 1.68. The van der Waals surface area contributed by atoms with Crippen LogP contribution in [0.25, 0.3) is 21.6 Å². The van der Waals surface area contributed by atoms with Crippen LogP contribution in [0.1, 0.15) is 6.92 Å². The van der Waals surface area contributed by atoms with E-state index in [4.69, 9.17) is 14.5 Å². The summed E-state index contributed by atoms with van der Waals surface area (Å²) < 4.78 is 10.8. The number of nitrogens with one attached hydrogen (secondary N) is 1. The molecule has 0 aliphatic rings. The molecule has 0 bridgehead atoms. The van der Waals surface area contributed by atoms with Crippen LogP contribution in [0.15, 0.2) is 43.0 Å². The standard InChI is InChI=1S/C18H16N6O2S/c1-3-26-16-14(25-2)8-11(9-21-16)12-4-5-13-17(22-12)27-18(23-13)24-15-10-19-6-7-20-15/h4-10H,3H2,1-2H3,(H,20,23,24). The molecule has 8 nitrogen and oxygen atoms in total. The fraction of sp³-hybridized carbons (Fsp3) is 0.167. The molecule has 0 aliphatic carbocycles. The van der Waals surface area contributed by atoms with Gasteiger partial charge in [-0.25, -0.2) is 19.9 Å². The molecule has 136 valence electrons. The Morgan fingerprint density at radius 1 is 1.11 bits per heavy atom. The van der Waals surface area contributed by atoms with Gasteiger partial charge in [-0.15, -0.1) is 0 Å².